The molecule has 2 N–H and O–H groups in total. The molecule has 0 aliphatic heterocycles. The summed E-state index contributed by atoms with van der Waals surface area (Å²) >= 11 is 5.91. The van der Waals surface area contributed by atoms with Gasteiger partial charge in [0, 0.05) is 37.1 Å². The number of sulfonamides is 1. The number of anilines is 1. The highest BCUT2D eigenvalue weighted by Crippen LogP contribution is 2.22. The fourth-order valence-corrected chi connectivity index (χ4v) is 3.91. The van der Waals surface area contributed by atoms with Crippen molar-refractivity contribution in [2.24, 2.45) is 0 Å². The van der Waals surface area contributed by atoms with Crippen molar-refractivity contribution in [3.63, 3.8) is 0 Å². The molecule has 150 valence electrons. The highest BCUT2D eigenvalue weighted by atomic mass is 35.5. The van der Waals surface area contributed by atoms with Crippen molar-refractivity contribution in [3.05, 3.63) is 72.1 Å². The number of benzene rings is 2. The third-order valence-corrected chi connectivity index (χ3v) is 5.61. The maximum Gasteiger partial charge on any atom is 0.242 e. The van der Waals surface area contributed by atoms with Crippen LogP contribution >= 0.6 is 11.6 Å². The standard InChI is InChI=1S/C19H17ClN4O4S/c20-16-6-1-2-7-17(16)29(26,27)23-9-8-18(25)24-14-4-3-5-15(12-14)28-19-13-21-10-11-22-19/h1-7,10-13,23H,8-9H2,(H,24,25). The first-order valence-corrected chi connectivity index (χ1v) is 10.4. The third-order valence-electron chi connectivity index (χ3n) is 3.65. The molecule has 29 heavy (non-hydrogen) atoms. The third kappa shape index (κ3) is 5.98. The van der Waals surface area contributed by atoms with Gasteiger partial charge in [0.25, 0.3) is 0 Å². The lowest BCUT2D eigenvalue weighted by molar-refractivity contribution is -0.116. The molecule has 3 aromatic rings. The Balaban J connectivity index is 1.53. The number of amides is 1. The molecule has 0 radical (unpaired) electrons. The lowest BCUT2D eigenvalue weighted by Crippen LogP contribution is -2.28. The molecule has 0 atom stereocenters. The number of hydrogen-bond acceptors (Lipinski definition) is 6. The van der Waals surface area contributed by atoms with E-state index in [0.717, 1.165) is 0 Å². The number of ether oxygens (including phenoxy) is 1. The average Bonchev–Trinajstić information content (AvgIpc) is 2.69. The van der Waals surface area contributed by atoms with Gasteiger partial charge in [-0.1, -0.05) is 29.8 Å². The summed E-state index contributed by atoms with van der Waals surface area (Å²) in [4.78, 5) is 20.0. The van der Waals surface area contributed by atoms with Gasteiger partial charge in [-0.2, -0.15) is 0 Å². The van der Waals surface area contributed by atoms with Gasteiger partial charge >= 0.3 is 0 Å². The van der Waals surface area contributed by atoms with Gasteiger partial charge in [0.2, 0.25) is 21.8 Å². The van der Waals surface area contributed by atoms with Crippen LogP contribution in [0.1, 0.15) is 6.42 Å². The van der Waals surface area contributed by atoms with Gasteiger partial charge in [-0.15, -0.1) is 0 Å². The molecule has 1 heterocycles. The number of hydrogen-bond donors (Lipinski definition) is 2. The van der Waals surface area contributed by atoms with Crippen molar-refractivity contribution < 1.29 is 17.9 Å². The molecule has 0 bridgehead atoms. The minimum atomic E-state index is -3.80. The summed E-state index contributed by atoms with van der Waals surface area (Å²) < 4.78 is 32.4. The van der Waals surface area contributed by atoms with Crippen molar-refractivity contribution in [3.8, 4) is 11.6 Å². The van der Waals surface area contributed by atoms with E-state index in [1.807, 2.05) is 0 Å². The normalized spacial score (nSPS) is 11.1. The fraction of sp³-hybridized carbons (Fsp3) is 0.105. The first-order valence-electron chi connectivity index (χ1n) is 8.52. The van der Waals surface area contributed by atoms with E-state index >= 15 is 0 Å². The highest BCUT2D eigenvalue weighted by molar-refractivity contribution is 7.89. The van der Waals surface area contributed by atoms with Crippen LogP contribution < -0.4 is 14.8 Å². The van der Waals surface area contributed by atoms with Crippen LogP contribution in [0.4, 0.5) is 5.69 Å². The van der Waals surface area contributed by atoms with E-state index in [1.54, 1.807) is 36.4 Å². The van der Waals surface area contributed by atoms with E-state index in [1.165, 1.54) is 30.7 Å². The van der Waals surface area contributed by atoms with Crippen molar-refractivity contribution in [1.29, 1.82) is 0 Å². The van der Waals surface area contributed by atoms with Gasteiger partial charge in [-0.3, -0.25) is 9.78 Å². The van der Waals surface area contributed by atoms with E-state index in [0.29, 0.717) is 17.3 Å². The molecule has 8 nitrogen and oxygen atoms in total. The topological polar surface area (TPSA) is 110 Å². The predicted octanol–water partition coefficient (Wildman–Crippen LogP) is 3.23. The maximum atomic E-state index is 12.3. The van der Waals surface area contributed by atoms with Crippen LogP contribution in [0.2, 0.25) is 5.02 Å². The van der Waals surface area contributed by atoms with Crippen LogP contribution in [-0.4, -0.2) is 30.8 Å². The Labute approximate surface area is 173 Å². The smallest absolute Gasteiger partial charge is 0.242 e. The number of rotatable bonds is 8. The Kier molecular flexibility index (Phi) is 6.76. The highest BCUT2D eigenvalue weighted by Gasteiger charge is 2.17. The molecule has 0 spiro atoms. The zero-order valence-electron chi connectivity index (χ0n) is 15.1. The van der Waals surface area contributed by atoms with Gasteiger partial charge < -0.3 is 10.1 Å². The molecule has 3 rings (SSSR count). The number of carbonyl (C=O) groups excluding carboxylic acids is 1. The molecule has 0 aliphatic rings. The van der Waals surface area contributed by atoms with Crippen LogP contribution in [0.25, 0.3) is 0 Å². The van der Waals surface area contributed by atoms with Gasteiger partial charge in [-0.25, -0.2) is 18.1 Å². The molecule has 0 fully saturated rings. The second kappa shape index (κ2) is 9.46. The van der Waals surface area contributed by atoms with E-state index < -0.39 is 10.0 Å². The van der Waals surface area contributed by atoms with Crippen molar-refractivity contribution >= 4 is 33.2 Å². The average molecular weight is 433 g/mol. The van der Waals surface area contributed by atoms with E-state index in [-0.39, 0.29) is 28.8 Å². The molecule has 10 heteroatoms. The van der Waals surface area contributed by atoms with Crippen LogP contribution in [0.15, 0.2) is 72.0 Å². The lowest BCUT2D eigenvalue weighted by Gasteiger charge is -2.10. The Morgan fingerprint density at radius 3 is 2.69 bits per heavy atom. The van der Waals surface area contributed by atoms with Crippen molar-refractivity contribution in [2.75, 3.05) is 11.9 Å². The van der Waals surface area contributed by atoms with Gasteiger partial charge in [0.05, 0.1) is 11.2 Å². The first kappa shape index (κ1) is 20.7. The van der Waals surface area contributed by atoms with Gasteiger partial charge in [-0.05, 0) is 24.3 Å². The molecule has 0 unspecified atom stereocenters. The number of halogens is 1. The molecular weight excluding hydrogens is 416 g/mol. The van der Waals surface area contributed by atoms with E-state index in [9.17, 15) is 13.2 Å². The number of aromatic nitrogens is 2. The molecule has 2 aromatic carbocycles. The summed E-state index contributed by atoms with van der Waals surface area (Å²) in [6.07, 6.45) is 4.45. The molecular formula is C19H17ClN4O4S. The Bertz CT molecular complexity index is 1090. The van der Waals surface area contributed by atoms with Gasteiger partial charge in [0.15, 0.2) is 0 Å². The fourth-order valence-electron chi connectivity index (χ4n) is 2.36. The lowest BCUT2D eigenvalue weighted by atomic mass is 10.3. The SMILES string of the molecule is O=C(CCNS(=O)(=O)c1ccccc1Cl)Nc1cccc(Oc2cnccn2)c1. The summed E-state index contributed by atoms with van der Waals surface area (Å²) in [5, 5.41) is 2.80. The molecule has 0 saturated carbocycles. The van der Waals surface area contributed by atoms with Gasteiger partial charge in [0.1, 0.15) is 10.6 Å². The number of nitrogens with one attached hydrogen (secondary N) is 2. The largest absolute Gasteiger partial charge is 0.437 e. The zero-order chi connectivity index (χ0) is 20.7. The van der Waals surface area contributed by atoms with E-state index in [2.05, 4.69) is 20.0 Å². The number of carbonyl (C=O) groups is 1. The summed E-state index contributed by atoms with van der Waals surface area (Å²) in [6.45, 7) is -0.0742. The predicted molar refractivity (Wildman–Crippen MR) is 108 cm³/mol. The van der Waals surface area contributed by atoms with Crippen LogP contribution in [0.3, 0.4) is 0 Å². The summed E-state index contributed by atoms with van der Waals surface area (Å²) in [6, 6.07) is 12.8. The van der Waals surface area contributed by atoms with Crippen LogP contribution in [0, 0.1) is 0 Å². The molecule has 0 aliphatic carbocycles. The molecule has 1 aromatic heterocycles. The monoisotopic (exact) mass is 432 g/mol. The summed E-state index contributed by atoms with van der Waals surface area (Å²) in [5.74, 6) is 0.441. The second-order valence-corrected chi connectivity index (χ2v) is 7.94. The second-order valence-electron chi connectivity index (χ2n) is 5.80. The van der Waals surface area contributed by atoms with Crippen LogP contribution in [-0.2, 0) is 14.8 Å². The summed E-state index contributed by atoms with van der Waals surface area (Å²) in [7, 11) is -3.80. The van der Waals surface area contributed by atoms with Crippen molar-refractivity contribution in [2.45, 2.75) is 11.3 Å². The maximum absolute atomic E-state index is 12.3. The minimum absolute atomic E-state index is 0.0315. The minimum Gasteiger partial charge on any atom is -0.437 e. The first-order chi connectivity index (χ1) is 13.9. The Morgan fingerprint density at radius 1 is 1.10 bits per heavy atom. The quantitative estimate of drug-likeness (QED) is 0.565. The Morgan fingerprint density at radius 2 is 1.93 bits per heavy atom. The zero-order valence-corrected chi connectivity index (χ0v) is 16.7. The van der Waals surface area contributed by atoms with Crippen LogP contribution in [0.5, 0.6) is 11.6 Å². The Hall–Kier alpha value is -3.01. The molecule has 0 saturated heterocycles. The van der Waals surface area contributed by atoms with E-state index in [4.69, 9.17) is 16.3 Å². The summed E-state index contributed by atoms with van der Waals surface area (Å²) in [5.41, 5.74) is 0.505. The number of nitrogens with zero attached hydrogens (tertiary/aromatic N) is 2. The van der Waals surface area contributed by atoms with Crippen molar-refractivity contribution in [1.82, 2.24) is 14.7 Å². The molecule has 1 amide bonds.